The van der Waals surface area contributed by atoms with Crippen LogP contribution in [0.25, 0.3) is 32.9 Å². The van der Waals surface area contributed by atoms with Crippen molar-refractivity contribution >= 4 is 39.3 Å². The SMILES string of the molecule is C#Cc1c(F)ccc2cc(N)cc(-c3nc4c5c(nc(OC[C@@]67CCCN6CC(=C)C7)nc5c3F)N3C[C@@]5(F)CC[C@@](F)([C@H]3CCC4)N5C(=O)OC(C)(C)C)c12. The molecule has 0 saturated carbocycles. The van der Waals surface area contributed by atoms with Crippen molar-refractivity contribution in [1.82, 2.24) is 24.8 Å². The number of nitrogens with two attached hydrogens (primary N) is 1. The number of pyridine rings is 1. The number of carbonyl (C=O) groups excluding carboxylic acids is 1. The van der Waals surface area contributed by atoms with Gasteiger partial charge >= 0.3 is 12.1 Å². The van der Waals surface area contributed by atoms with Crippen molar-refractivity contribution in [3.05, 3.63) is 59.3 Å². The molecule has 4 aromatic rings. The van der Waals surface area contributed by atoms with Crippen LogP contribution in [0.15, 0.2) is 36.4 Å². The van der Waals surface area contributed by atoms with Crippen LogP contribution >= 0.6 is 0 Å². The lowest BCUT2D eigenvalue weighted by molar-refractivity contribution is -0.133. The second-order valence-corrected chi connectivity index (χ2v) is 17.1. The molecular weight excluding hydrogens is 726 g/mol. The molecule has 4 atom stereocenters. The summed E-state index contributed by atoms with van der Waals surface area (Å²) in [5.74, 6) is -4.03. The van der Waals surface area contributed by atoms with E-state index in [1.54, 1.807) is 26.8 Å². The Bertz CT molecular complexity index is 2410. The third kappa shape index (κ3) is 5.48. The van der Waals surface area contributed by atoms with E-state index in [-0.39, 0.29) is 88.5 Å². The van der Waals surface area contributed by atoms with Gasteiger partial charge in [0.25, 0.3) is 0 Å². The largest absolute Gasteiger partial charge is 0.461 e. The van der Waals surface area contributed by atoms with Crippen LogP contribution in [0.3, 0.4) is 0 Å². The van der Waals surface area contributed by atoms with Gasteiger partial charge < -0.3 is 20.1 Å². The van der Waals surface area contributed by atoms with Crippen LogP contribution in [0.1, 0.15) is 77.0 Å². The molecule has 5 aliphatic rings. The van der Waals surface area contributed by atoms with Gasteiger partial charge in [0.1, 0.15) is 35.1 Å². The maximum atomic E-state index is 17.7. The van der Waals surface area contributed by atoms with Crippen molar-refractivity contribution in [3.8, 4) is 29.6 Å². The number of hydrogen-bond acceptors (Lipinski definition) is 9. The van der Waals surface area contributed by atoms with Crippen molar-refractivity contribution in [3.63, 3.8) is 0 Å². The molecule has 0 spiro atoms. The van der Waals surface area contributed by atoms with Crippen molar-refractivity contribution in [1.29, 1.82) is 0 Å². The first-order chi connectivity index (χ1) is 26.5. The number of terminal acetylenes is 1. The van der Waals surface area contributed by atoms with E-state index in [0.29, 0.717) is 22.4 Å². The Morgan fingerprint density at radius 3 is 2.68 bits per heavy atom. The lowest BCUT2D eigenvalue weighted by atomic mass is 9.90. The molecule has 0 unspecified atom stereocenters. The van der Waals surface area contributed by atoms with Gasteiger partial charge in [-0.15, -0.1) is 6.42 Å². The Balaban J connectivity index is 1.25. The Morgan fingerprint density at radius 2 is 1.91 bits per heavy atom. The number of alkyl halides is 2. The number of carbonyl (C=O) groups is 1. The van der Waals surface area contributed by atoms with E-state index in [4.69, 9.17) is 31.6 Å². The average Bonchev–Trinajstić information content (AvgIpc) is 3.72. The minimum Gasteiger partial charge on any atom is -0.461 e. The molecule has 2 bridgehead atoms. The smallest absolute Gasteiger partial charge is 0.415 e. The third-order valence-electron chi connectivity index (χ3n) is 12.2. The molecule has 56 heavy (non-hydrogen) atoms. The maximum Gasteiger partial charge on any atom is 0.415 e. The van der Waals surface area contributed by atoms with Crippen molar-refractivity contribution in [2.45, 2.75) is 101 Å². The van der Waals surface area contributed by atoms with Gasteiger partial charge in [-0.1, -0.05) is 24.1 Å². The van der Waals surface area contributed by atoms with Gasteiger partial charge in [0.2, 0.25) is 11.6 Å². The lowest BCUT2D eigenvalue weighted by Gasteiger charge is -2.52. The van der Waals surface area contributed by atoms with E-state index in [9.17, 15) is 4.79 Å². The molecule has 2 aromatic carbocycles. The van der Waals surface area contributed by atoms with Crippen LogP contribution in [-0.4, -0.2) is 85.9 Å². The predicted octanol–water partition coefficient (Wildman–Crippen LogP) is 7.75. The molecule has 4 saturated heterocycles. The number of rotatable bonds is 4. The number of benzene rings is 2. The Hall–Kier alpha value is -5.16. The number of aromatic nitrogens is 3. The Labute approximate surface area is 322 Å². The fourth-order valence-corrected chi connectivity index (χ4v) is 9.96. The molecule has 2 N–H and O–H groups in total. The summed E-state index contributed by atoms with van der Waals surface area (Å²) in [6.07, 6.45) is 7.47. The monoisotopic (exact) mass is 769 g/mol. The predicted molar refractivity (Wildman–Crippen MR) is 204 cm³/mol. The third-order valence-corrected chi connectivity index (χ3v) is 12.2. The zero-order valence-electron chi connectivity index (χ0n) is 31.7. The molecular formula is C42H43F4N7O3. The van der Waals surface area contributed by atoms with Crippen LogP contribution < -0.4 is 15.4 Å². The van der Waals surface area contributed by atoms with E-state index in [0.717, 1.165) is 37.9 Å². The molecule has 10 nitrogen and oxygen atoms in total. The second kappa shape index (κ2) is 12.4. The fourth-order valence-electron chi connectivity index (χ4n) is 9.96. The first-order valence-electron chi connectivity index (χ1n) is 19.2. The van der Waals surface area contributed by atoms with Crippen LogP contribution in [0.5, 0.6) is 6.01 Å². The van der Waals surface area contributed by atoms with Crippen molar-refractivity contribution in [2.24, 2.45) is 0 Å². The van der Waals surface area contributed by atoms with Gasteiger partial charge in [-0.3, -0.25) is 4.90 Å². The summed E-state index contributed by atoms with van der Waals surface area (Å²) in [5.41, 5.74) is 6.48. The van der Waals surface area contributed by atoms with Gasteiger partial charge in [0.15, 0.2) is 5.82 Å². The summed E-state index contributed by atoms with van der Waals surface area (Å²) in [6, 6.07) is 4.63. The number of piperazine rings is 1. The summed E-state index contributed by atoms with van der Waals surface area (Å²) in [7, 11) is 0. The van der Waals surface area contributed by atoms with E-state index < -0.39 is 47.5 Å². The molecule has 14 heteroatoms. The van der Waals surface area contributed by atoms with Crippen LogP contribution in [-0.2, 0) is 11.2 Å². The summed E-state index contributed by atoms with van der Waals surface area (Å²) < 4.78 is 79.5. The number of nitrogen functional groups attached to an aromatic ring is 1. The zero-order valence-corrected chi connectivity index (χ0v) is 31.7. The number of nitrogens with zero attached hydrogens (tertiary/aromatic N) is 6. The number of fused-ring (bicyclic) bond motifs is 7. The average molecular weight is 770 g/mol. The topological polar surface area (TPSA) is 110 Å². The van der Waals surface area contributed by atoms with E-state index >= 15 is 17.6 Å². The summed E-state index contributed by atoms with van der Waals surface area (Å²) in [4.78, 5) is 32.3. The summed E-state index contributed by atoms with van der Waals surface area (Å²) in [5, 5.41) is 0.922. The highest BCUT2D eigenvalue weighted by Crippen LogP contribution is 2.55. The lowest BCUT2D eigenvalue weighted by Crippen LogP contribution is -2.71. The fraction of sp³-hybridized carbons (Fsp3) is 0.476. The number of aryl methyl sites for hydroxylation is 1. The van der Waals surface area contributed by atoms with Gasteiger partial charge in [-0.05, 0) is 89.4 Å². The van der Waals surface area contributed by atoms with Gasteiger partial charge in [0.05, 0.1) is 34.8 Å². The highest BCUT2D eigenvalue weighted by atomic mass is 19.2. The molecule has 0 radical (unpaired) electrons. The minimum absolute atomic E-state index is 0.0573. The maximum absolute atomic E-state index is 17.7. The molecule has 4 fully saturated rings. The zero-order chi connectivity index (χ0) is 39.5. The number of ether oxygens (including phenoxy) is 2. The first-order valence-corrected chi connectivity index (χ1v) is 19.2. The molecule has 7 heterocycles. The molecule has 9 rings (SSSR count). The standard InChI is InChI=1S/C42H43F4N7O3/c1-6-26-28(43)12-11-24-17-25(47)18-27(31(24)26)34-33(44)35-32-29(48-34)9-7-10-30-42(46)15-14-41(45,53(42)38(54)56-39(3,4)5)21-52(30)36(32)50-37(49-35)55-22-40-13-8-16-51(40)20-23(2)19-40/h1,11-12,17-18,30H,2,7-10,13-16,19-22,47H2,3-5H3/t30-,40+,41-,42+/m1/s1. The molecule has 2 aromatic heterocycles. The highest BCUT2D eigenvalue weighted by molar-refractivity contribution is 6.04. The number of amides is 1. The normalized spacial score (nSPS) is 27.2. The number of hydrogen-bond donors (Lipinski definition) is 1. The number of halogens is 4. The van der Waals surface area contributed by atoms with E-state index in [1.165, 1.54) is 23.1 Å². The summed E-state index contributed by atoms with van der Waals surface area (Å²) >= 11 is 0. The molecule has 292 valence electrons. The second-order valence-electron chi connectivity index (χ2n) is 17.1. The minimum atomic E-state index is -2.47. The van der Waals surface area contributed by atoms with Crippen LogP contribution in [0.2, 0.25) is 0 Å². The Kier molecular flexibility index (Phi) is 8.09. The number of anilines is 2. The summed E-state index contributed by atoms with van der Waals surface area (Å²) in [6.45, 7) is 10.5. The highest BCUT2D eigenvalue weighted by Gasteiger charge is 2.69. The van der Waals surface area contributed by atoms with E-state index in [2.05, 4.69) is 22.4 Å². The van der Waals surface area contributed by atoms with Crippen molar-refractivity contribution in [2.75, 3.05) is 36.9 Å². The first kappa shape index (κ1) is 36.5. The van der Waals surface area contributed by atoms with Gasteiger partial charge in [0, 0.05) is 36.0 Å². The van der Waals surface area contributed by atoms with Crippen LogP contribution in [0.4, 0.5) is 33.9 Å². The molecule has 5 aliphatic heterocycles. The van der Waals surface area contributed by atoms with Gasteiger partial charge in [-0.25, -0.2) is 32.2 Å². The quantitative estimate of drug-likeness (QED) is 0.0733. The molecule has 0 aliphatic carbocycles. The Morgan fingerprint density at radius 1 is 1.11 bits per heavy atom. The van der Waals surface area contributed by atoms with Crippen LogP contribution in [0, 0.1) is 24.0 Å². The van der Waals surface area contributed by atoms with Gasteiger partial charge in [-0.2, -0.15) is 9.97 Å². The van der Waals surface area contributed by atoms with Crippen molar-refractivity contribution < 1.29 is 31.8 Å². The van der Waals surface area contributed by atoms with E-state index in [1.807, 2.05) is 0 Å². The molecule has 1 amide bonds.